The van der Waals surface area contributed by atoms with Crippen LogP contribution >= 0.6 is 0 Å². The molecule has 1 aromatic heterocycles. The molecule has 3 rings (SSSR count). The molecule has 0 aliphatic carbocycles. The fourth-order valence-electron chi connectivity index (χ4n) is 3.18. The van der Waals surface area contributed by atoms with E-state index >= 15 is 0 Å². The molecule has 0 saturated heterocycles. The average Bonchev–Trinajstić information content (AvgIpc) is 2.99. The molecule has 0 bridgehead atoms. The van der Waals surface area contributed by atoms with Gasteiger partial charge >= 0.3 is 0 Å². The minimum Gasteiger partial charge on any atom is -0.318 e. The van der Waals surface area contributed by atoms with Gasteiger partial charge < -0.3 is 4.57 Å². The molecule has 144 valence electrons. The minimum absolute atomic E-state index is 0.00812. The Kier molecular flexibility index (Phi) is 5.23. The quantitative estimate of drug-likeness (QED) is 0.347. The van der Waals surface area contributed by atoms with Gasteiger partial charge in [0.05, 0.1) is 21.5 Å². The highest BCUT2D eigenvalue weighted by atomic mass is 16.6. The fourth-order valence-corrected chi connectivity index (χ4v) is 3.18. The number of allylic oxidation sites excluding steroid dienone is 1. The second kappa shape index (κ2) is 7.78. The van der Waals surface area contributed by atoms with E-state index in [0.29, 0.717) is 11.1 Å². The third kappa shape index (κ3) is 3.89. The van der Waals surface area contributed by atoms with Gasteiger partial charge in [0.15, 0.2) is 0 Å². The van der Waals surface area contributed by atoms with Crippen LogP contribution in [0.5, 0.6) is 0 Å². The Bertz CT molecular complexity index is 1180. The number of benzene rings is 2. The summed E-state index contributed by atoms with van der Waals surface area (Å²) in [5.74, 6) is 0. The van der Waals surface area contributed by atoms with Gasteiger partial charge in [-0.25, -0.2) is 0 Å². The summed E-state index contributed by atoms with van der Waals surface area (Å²) in [6, 6.07) is 16.1. The molecule has 1 heterocycles. The first-order valence-corrected chi connectivity index (χ1v) is 8.62. The predicted octanol–water partition coefficient (Wildman–Crippen LogP) is 4.97. The second-order valence-electron chi connectivity index (χ2n) is 6.41. The summed E-state index contributed by atoms with van der Waals surface area (Å²) in [6.07, 6.45) is 1.68. The molecular weight excluding hydrogens is 372 g/mol. The number of non-ortho nitro benzene ring substituents is 2. The Balaban J connectivity index is 2.05. The Morgan fingerprint density at radius 3 is 2.24 bits per heavy atom. The van der Waals surface area contributed by atoms with Gasteiger partial charge in [-0.15, -0.1) is 0 Å². The van der Waals surface area contributed by atoms with Crippen LogP contribution in [0.25, 0.3) is 17.3 Å². The number of aryl methyl sites for hydroxylation is 1. The van der Waals surface area contributed by atoms with E-state index in [2.05, 4.69) is 6.07 Å². The largest absolute Gasteiger partial charge is 0.318 e. The number of hydrogen-bond acceptors (Lipinski definition) is 5. The maximum Gasteiger partial charge on any atom is 0.270 e. The molecule has 0 aliphatic heterocycles. The van der Waals surface area contributed by atoms with Crippen molar-refractivity contribution in [1.29, 1.82) is 5.26 Å². The van der Waals surface area contributed by atoms with E-state index in [4.69, 9.17) is 0 Å². The summed E-state index contributed by atoms with van der Waals surface area (Å²) in [6.45, 7) is 3.77. The molecule has 3 aromatic rings. The second-order valence-corrected chi connectivity index (χ2v) is 6.41. The Labute approximate surface area is 166 Å². The van der Waals surface area contributed by atoms with Crippen molar-refractivity contribution in [2.45, 2.75) is 13.8 Å². The van der Waals surface area contributed by atoms with Crippen molar-refractivity contribution in [2.75, 3.05) is 0 Å². The predicted molar refractivity (Wildman–Crippen MR) is 108 cm³/mol. The molecular formula is C21H16N4O4. The first-order valence-electron chi connectivity index (χ1n) is 8.62. The number of nitro groups is 2. The van der Waals surface area contributed by atoms with Crippen molar-refractivity contribution in [3.63, 3.8) is 0 Å². The Hall–Kier alpha value is -4.25. The van der Waals surface area contributed by atoms with Crippen molar-refractivity contribution < 1.29 is 9.85 Å². The van der Waals surface area contributed by atoms with Crippen LogP contribution in [0.15, 0.2) is 54.6 Å². The zero-order valence-electron chi connectivity index (χ0n) is 15.7. The maximum absolute atomic E-state index is 11.0. The molecule has 0 aliphatic rings. The molecule has 0 saturated carbocycles. The molecule has 0 N–H and O–H groups in total. The lowest BCUT2D eigenvalue weighted by Gasteiger charge is -2.09. The molecule has 8 nitrogen and oxygen atoms in total. The van der Waals surface area contributed by atoms with Crippen LogP contribution in [0.2, 0.25) is 0 Å². The monoisotopic (exact) mass is 388 g/mol. The Morgan fingerprint density at radius 1 is 1.00 bits per heavy atom. The van der Waals surface area contributed by atoms with Gasteiger partial charge in [0.25, 0.3) is 11.4 Å². The van der Waals surface area contributed by atoms with Crippen molar-refractivity contribution in [2.24, 2.45) is 0 Å². The minimum atomic E-state index is -0.501. The summed E-state index contributed by atoms with van der Waals surface area (Å²) < 4.78 is 1.93. The van der Waals surface area contributed by atoms with Crippen molar-refractivity contribution in [3.8, 4) is 11.8 Å². The number of hydrogen-bond donors (Lipinski definition) is 0. The average molecular weight is 388 g/mol. The molecule has 0 atom stereocenters. The first-order chi connectivity index (χ1) is 13.8. The van der Waals surface area contributed by atoms with E-state index in [1.807, 2.05) is 24.5 Å². The standard InChI is InChI=1S/C21H16N4O4/c1-14-10-17(11-18(13-22)16-4-3-5-21(12-16)25(28)29)15(2)23(14)19-6-8-20(9-7-19)24(26)27/h3-12H,1-2H3/b18-11+. The zero-order valence-corrected chi connectivity index (χ0v) is 15.7. The number of rotatable bonds is 5. The number of nitrogens with zero attached hydrogens (tertiary/aromatic N) is 4. The van der Waals surface area contributed by atoms with Crippen LogP contribution in [0.3, 0.4) is 0 Å². The molecule has 0 spiro atoms. The highest BCUT2D eigenvalue weighted by Crippen LogP contribution is 2.27. The van der Waals surface area contributed by atoms with Gasteiger partial charge in [0, 0.05) is 41.3 Å². The van der Waals surface area contributed by atoms with Crippen LogP contribution in [0, 0.1) is 45.4 Å². The molecule has 0 radical (unpaired) electrons. The van der Waals surface area contributed by atoms with Crippen LogP contribution in [0.4, 0.5) is 11.4 Å². The summed E-state index contributed by atoms with van der Waals surface area (Å²) in [4.78, 5) is 20.9. The van der Waals surface area contributed by atoms with Gasteiger partial charge in [0.2, 0.25) is 0 Å². The van der Waals surface area contributed by atoms with Crippen LogP contribution in [-0.4, -0.2) is 14.4 Å². The third-order valence-corrected chi connectivity index (χ3v) is 4.58. The fraction of sp³-hybridized carbons (Fsp3) is 0.0952. The molecule has 0 unspecified atom stereocenters. The van der Waals surface area contributed by atoms with Crippen molar-refractivity contribution >= 4 is 23.0 Å². The summed E-state index contributed by atoms with van der Waals surface area (Å²) in [5.41, 5.74) is 3.96. The highest BCUT2D eigenvalue weighted by molar-refractivity contribution is 5.90. The molecule has 2 aromatic carbocycles. The van der Waals surface area contributed by atoms with Gasteiger partial charge in [0.1, 0.15) is 0 Å². The number of nitro benzene ring substituents is 2. The highest BCUT2D eigenvalue weighted by Gasteiger charge is 2.14. The number of aromatic nitrogens is 1. The van der Waals surface area contributed by atoms with Gasteiger partial charge in [-0.05, 0) is 49.2 Å². The molecule has 8 heteroatoms. The Morgan fingerprint density at radius 2 is 1.66 bits per heavy atom. The van der Waals surface area contributed by atoms with E-state index in [0.717, 1.165) is 22.6 Å². The first kappa shape index (κ1) is 19.5. The van der Waals surface area contributed by atoms with E-state index in [-0.39, 0.29) is 11.4 Å². The van der Waals surface area contributed by atoms with Crippen LogP contribution in [0.1, 0.15) is 22.5 Å². The van der Waals surface area contributed by atoms with Gasteiger partial charge in [-0.3, -0.25) is 20.2 Å². The molecule has 0 fully saturated rings. The topological polar surface area (TPSA) is 115 Å². The molecule has 0 amide bonds. The summed E-state index contributed by atoms with van der Waals surface area (Å²) >= 11 is 0. The van der Waals surface area contributed by atoms with Crippen molar-refractivity contribution in [3.05, 3.63) is 97.3 Å². The van der Waals surface area contributed by atoms with Gasteiger partial charge in [-0.2, -0.15) is 5.26 Å². The van der Waals surface area contributed by atoms with Crippen LogP contribution in [-0.2, 0) is 0 Å². The maximum atomic E-state index is 11.0. The number of nitriles is 1. The SMILES string of the molecule is Cc1cc(/C=C(\C#N)c2cccc([N+](=O)[O-])c2)c(C)n1-c1ccc([N+](=O)[O-])cc1. The summed E-state index contributed by atoms with van der Waals surface area (Å²) in [5, 5.41) is 31.4. The van der Waals surface area contributed by atoms with E-state index in [1.165, 1.54) is 24.3 Å². The lowest BCUT2D eigenvalue weighted by molar-refractivity contribution is -0.385. The van der Waals surface area contributed by atoms with E-state index in [9.17, 15) is 25.5 Å². The van der Waals surface area contributed by atoms with Crippen LogP contribution < -0.4 is 0 Å². The molecule has 29 heavy (non-hydrogen) atoms. The lowest BCUT2D eigenvalue weighted by atomic mass is 10.0. The lowest BCUT2D eigenvalue weighted by Crippen LogP contribution is -1.99. The van der Waals surface area contributed by atoms with Gasteiger partial charge in [-0.1, -0.05) is 12.1 Å². The normalized spacial score (nSPS) is 11.1. The summed E-state index contributed by atoms with van der Waals surface area (Å²) in [7, 11) is 0. The third-order valence-electron chi connectivity index (χ3n) is 4.58. The van der Waals surface area contributed by atoms with Crippen molar-refractivity contribution in [1.82, 2.24) is 4.57 Å². The van der Waals surface area contributed by atoms with E-state index < -0.39 is 9.85 Å². The smallest absolute Gasteiger partial charge is 0.270 e. The van der Waals surface area contributed by atoms with E-state index in [1.54, 1.807) is 30.3 Å². The zero-order chi connectivity index (χ0) is 21.1.